The lowest BCUT2D eigenvalue weighted by molar-refractivity contribution is -0.120. The highest BCUT2D eigenvalue weighted by atomic mass is 80.0. The minimum Gasteiger partial charge on any atom is -0.381 e. The third kappa shape index (κ3) is 17.7. The molecule has 2 amide bonds. The molecule has 0 bridgehead atoms. The Labute approximate surface area is 248 Å². The van der Waals surface area contributed by atoms with E-state index in [1.165, 1.54) is 0 Å². The van der Waals surface area contributed by atoms with Gasteiger partial charge in [-0.1, -0.05) is 20.3 Å². The van der Waals surface area contributed by atoms with E-state index in [9.17, 15) is 9.59 Å². The van der Waals surface area contributed by atoms with Crippen LogP contribution in [0.1, 0.15) is 46.0 Å². The molecule has 0 aromatic carbocycles. The number of alkyl halides is 6. The summed E-state index contributed by atoms with van der Waals surface area (Å²) in [6.07, 6.45) is 4.35. The molecule has 0 aromatic rings. The highest BCUT2D eigenvalue weighted by Crippen LogP contribution is 2.34. The second-order valence-corrected chi connectivity index (χ2v) is 21.1. The molecule has 0 unspecified atom stereocenters. The van der Waals surface area contributed by atoms with E-state index in [1.54, 1.807) is 0 Å². The average molecular weight is 862 g/mol. The number of rotatable bonds is 18. The summed E-state index contributed by atoms with van der Waals surface area (Å²) in [4.78, 5) is 23.6. The van der Waals surface area contributed by atoms with Gasteiger partial charge < -0.3 is 24.8 Å². The lowest BCUT2D eigenvalue weighted by Gasteiger charge is -2.32. The highest BCUT2D eigenvalue weighted by Gasteiger charge is 2.31. The summed E-state index contributed by atoms with van der Waals surface area (Å²) in [7, 11) is 0. The van der Waals surface area contributed by atoms with Crippen LogP contribution in [-0.4, -0.2) is 68.8 Å². The molecular weight excluding hydrogens is 828 g/mol. The van der Waals surface area contributed by atoms with Gasteiger partial charge in [0.05, 0.1) is 19.8 Å². The van der Waals surface area contributed by atoms with E-state index in [2.05, 4.69) is 120 Å². The van der Waals surface area contributed by atoms with Crippen molar-refractivity contribution in [2.45, 2.75) is 50.2 Å². The molecule has 0 heterocycles. The van der Waals surface area contributed by atoms with Gasteiger partial charge in [0.2, 0.25) is 4.29 Å². The molecule has 0 saturated heterocycles. The quantitative estimate of drug-likeness (QED) is 0.132. The smallest absolute Gasteiger partial charge is 0.258 e. The molecule has 0 aliphatic heterocycles. The molecule has 13 heteroatoms. The number of ether oxygens (including phenoxy) is 3. The zero-order valence-electron chi connectivity index (χ0n) is 19.0. The SMILES string of the molecule is CCCCOCC(CC)(COCCCNC(=O)C(Br)(Br)Br)COCCCNC(=O)C(Br)(Br)Br. The molecule has 0 rings (SSSR count). The van der Waals surface area contributed by atoms with E-state index < -0.39 is 4.29 Å². The maximum absolute atomic E-state index is 11.8. The number of carbonyl (C=O) groups is 2. The van der Waals surface area contributed by atoms with E-state index in [0.717, 1.165) is 25.9 Å². The van der Waals surface area contributed by atoms with Crippen molar-refractivity contribution in [3.05, 3.63) is 0 Å². The molecule has 0 spiro atoms. The summed E-state index contributed by atoms with van der Waals surface area (Å²) in [6, 6.07) is 0. The van der Waals surface area contributed by atoms with Crippen LogP contribution in [0.2, 0.25) is 0 Å². The van der Waals surface area contributed by atoms with Crippen LogP contribution in [0, 0.1) is 5.41 Å². The van der Waals surface area contributed by atoms with E-state index in [-0.39, 0.29) is 17.2 Å². The summed E-state index contributed by atoms with van der Waals surface area (Å²) in [6.45, 7) is 8.62. The van der Waals surface area contributed by atoms with Crippen LogP contribution >= 0.6 is 95.6 Å². The fourth-order valence-electron chi connectivity index (χ4n) is 2.50. The Morgan fingerprint density at radius 1 is 0.667 bits per heavy atom. The second-order valence-electron chi connectivity index (χ2n) is 7.58. The predicted molar refractivity (Wildman–Crippen MR) is 154 cm³/mol. The molecule has 7 nitrogen and oxygen atoms in total. The molecule has 33 heavy (non-hydrogen) atoms. The van der Waals surface area contributed by atoms with Gasteiger partial charge in [-0.05, 0) is 121 Å². The Kier molecular flexibility index (Phi) is 19.8. The number of halogens is 6. The van der Waals surface area contributed by atoms with Crippen molar-refractivity contribution in [2.24, 2.45) is 5.41 Å². The van der Waals surface area contributed by atoms with Gasteiger partial charge in [0, 0.05) is 38.3 Å². The van der Waals surface area contributed by atoms with Gasteiger partial charge in [0.25, 0.3) is 11.8 Å². The largest absolute Gasteiger partial charge is 0.381 e. The van der Waals surface area contributed by atoms with Crippen molar-refractivity contribution in [1.82, 2.24) is 10.6 Å². The van der Waals surface area contributed by atoms with Crippen molar-refractivity contribution in [1.29, 1.82) is 0 Å². The zero-order chi connectivity index (χ0) is 25.4. The summed E-state index contributed by atoms with van der Waals surface area (Å²) < 4.78 is 15.9. The van der Waals surface area contributed by atoms with Gasteiger partial charge in [0.15, 0.2) is 0 Å². The summed E-state index contributed by atoms with van der Waals surface area (Å²) in [5.41, 5.74) is -0.242. The predicted octanol–water partition coefficient (Wildman–Crippen LogP) is 5.92. The lowest BCUT2D eigenvalue weighted by Crippen LogP contribution is -2.38. The van der Waals surface area contributed by atoms with Gasteiger partial charge in [-0.25, -0.2) is 0 Å². The van der Waals surface area contributed by atoms with Gasteiger partial charge in [-0.2, -0.15) is 0 Å². The number of amides is 2. The first kappa shape index (κ1) is 34.7. The van der Waals surface area contributed by atoms with E-state index in [4.69, 9.17) is 14.2 Å². The third-order valence-electron chi connectivity index (χ3n) is 4.63. The van der Waals surface area contributed by atoms with Gasteiger partial charge in [0.1, 0.15) is 0 Å². The number of unbranched alkanes of at least 4 members (excludes halogenated alkanes) is 1. The maximum atomic E-state index is 11.8. The first-order valence-electron chi connectivity index (χ1n) is 10.8. The summed E-state index contributed by atoms with van der Waals surface area (Å²) in [5, 5.41) is 5.61. The minimum atomic E-state index is -0.944. The molecule has 196 valence electrons. The van der Waals surface area contributed by atoms with Gasteiger partial charge in [-0.3, -0.25) is 9.59 Å². The summed E-state index contributed by atoms with van der Waals surface area (Å²) in [5.74, 6) is -0.401. The van der Waals surface area contributed by atoms with Crippen molar-refractivity contribution in [3.63, 3.8) is 0 Å². The van der Waals surface area contributed by atoms with Crippen LogP contribution in [0.4, 0.5) is 0 Å². The van der Waals surface area contributed by atoms with E-state index >= 15 is 0 Å². The standard InChI is InChI=1S/C20H34Br6N2O5/c1-3-5-10-31-13-18(4-2,14-32-11-6-8-27-16(29)19(21,22)23)15-33-12-7-9-28-17(30)20(24,25)26/h3-15H2,1-2H3,(H,27,29)(H,28,30). The first-order chi connectivity index (χ1) is 15.4. The number of hydrogen-bond donors (Lipinski definition) is 2. The molecule has 0 fully saturated rings. The molecule has 0 aliphatic rings. The van der Waals surface area contributed by atoms with E-state index in [1.807, 2.05) is 0 Å². The normalized spacial score (nSPS) is 12.6. The van der Waals surface area contributed by atoms with Crippen molar-refractivity contribution < 1.29 is 23.8 Å². The Morgan fingerprint density at radius 2 is 1.03 bits per heavy atom. The maximum Gasteiger partial charge on any atom is 0.258 e. The second kappa shape index (κ2) is 18.9. The average Bonchev–Trinajstić information content (AvgIpc) is 2.73. The molecule has 0 aliphatic carbocycles. The molecule has 0 atom stereocenters. The van der Waals surface area contributed by atoms with Crippen LogP contribution in [0.15, 0.2) is 0 Å². The number of nitrogens with one attached hydrogen (secondary N) is 2. The monoisotopic (exact) mass is 856 g/mol. The molecule has 0 saturated carbocycles. The van der Waals surface area contributed by atoms with Crippen LogP contribution in [0.3, 0.4) is 0 Å². The lowest BCUT2D eigenvalue weighted by atomic mass is 9.88. The Bertz CT molecular complexity index is 520. The van der Waals surface area contributed by atoms with Crippen molar-refractivity contribution >= 4 is 107 Å². The fraction of sp³-hybridized carbons (Fsp3) is 0.900. The molecule has 0 radical (unpaired) electrons. The van der Waals surface area contributed by atoms with Crippen LogP contribution in [0.5, 0.6) is 0 Å². The zero-order valence-corrected chi connectivity index (χ0v) is 28.5. The first-order valence-corrected chi connectivity index (χ1v) is 15.6. The van der Waals surface area contributed by atoms with Crippen LogP contribution < -0.4 is 10.6 Å². The number of hydrogen-bond acceptors (Lipinski definition) is 5. The van der Waals surface area contributed by atoms with E-state index in [0.29, 0.717) is 59.0 Å². The van der Waals surface area contributed by atoms with Crippen LogP contribution in [-0.2, 0) is 23.8 Å². The van der Waals surface area contributed by atoms with Gasteiger partial charge in [-0.15, -0.1) is 0 Å². The third-order valence-corrected chi connectivity index (χ3v) is 6.79. The minimum absolute atomic E-state index is 0.201. The molecule has 0 aromatic heterocycles. The molecule has 2 N–H and O–H groups in total. The van der Waals surface area contributed by atoms with Crippen molar-refractivity contribution in [3.8, 4) is 0 Å². The Balaban J connectivity index is 4.43. The highest BCUT2D eigenvalue weighted by molar-refractivity contribution is 9.40. The Hall–Kier alpha value is 1.70. The van der Waals surface area contributed by atoms with Crippen molar-refractivity contribution in [2.75, 3.05) is 52.7 Å². The fourth-order valence-corrected chi connectivity index (χ4v) is 3.34. The van der Waals surface area contributed by atoms with Crippen LogP contribution in [0.25, 0.3) is 0 Å². The Morgan fingerprint density at radius 3 is 1.33 bits per heavy atom. The summed E-state index contributed by atoms with van der Waals surface area (Å²) >= 11 is 19.1. The van der Waals surface area contributed by atoms with Gasteiger partial charge >= 0.3 is 0 Å². The number of carbonyl (C=O) groups excluding carboxylic acids is 2. The molecular formula is C20H34Br6N2O5. The topological polar surface area (TPSA) is 85.9 Å².